The number of aromatic nitrogens is 5. The minimum Gasteiger partial charge on any atom is -0.371 e. The van der Waals surface area contributed by atoms with Crippen LogP contribution in [0.3, 0.4) is 0 Å². The molecule has 6 heterocycles. The summed E-state index contributed by atoms with van der Waals surface area (Å²) in [6, 6.07) is 12.4. The Balaban J connectivity index is 0.000000142. The number of pyridine rings is 1. The van der Waals surface area contributed by atoms with Gasteiger partial charge >= 0.3 is 0 Å². The zero-order valence-electron chi connectivity index (χ0n) is 24.4. The Morgan fingerprint density at radius 1 is 0.705 bits per heavy atom. The van der Waals surface area contributed by atoms with Crippen LogP contribution < -0.4 is 14.7 Å². The Kier molecular flexibility index (Phi) is 8.18. The molecular weight excluding hydrogens is 597 g/mol. The molecule has 3 aliphatic heterocycles. The summed E-state index contributed by atoms with van der Waals surface area (Å²) < 4.78 is 0. The average molecular weight is 633 g/mol. The van der Waals surface area contributed by atoms with E-state index in [4.69, 9.17) is 23.2 Å². The van der Waals surface area contributed by atoms with Gasteiger partial charge in [-0.3, -0.25) is 20.0 Å². The molecule has 0 spiro atoms. The number of fused-ring (bicyclic) bond motifs is 2. The molecular formula is C32H35Cl2N9O. The standard InChI is InChI=1S/C16H16ClN5.C16H19ClN4O/c17-12-9-15-14(11-19-20-15)16(10-12)22-7-5-21(6-8-22)13-1-3-18-4-2-13;17-11-8-14-13(10-18-19-14)15(9-11)20-6-3-12(4-7-20)21-5-1-2-16(21)22/h1-4,9-11H,5-8H2,(H,19,20);8-10,12H,1-7H2,(H,18,19). The van der Waals surface area contributed by atoms with Crippen molar-refractivity contribution in [3.05, 3.63) is 71.2 Å². The molecule has 0 radical (unpaired) electrons. The van der Waals surface area contributed by atoms with Crippen LogP contribution in [0.5, 0.6) is 0 Å². The molecule has 0 aliphatic carbocycles. The topological polar surface area (TPSA) is 100 Å². The van der Waals surface area contributed by atoms with Gasteiger partial charge in [-0.2, -0.15) is 10.2 Å². The van der Waals surface area contributed by atoms with E-state index >= 15 is 0 Å². The van der Waals surface area contributed by atoms with Gasteiger partial charge in [0, 0.05) is 109 Å². The monoisotopic (exact) mass is 631 g/mol. The molecule has 44 heavy (non-hydrogen) atoms. The number of H-pyrrole nitrogens is 2. The maximum absolute atomic E-state index is 11.9. The average Bonchev–Trinajstić information content (AvgIpc) is 3.82. The van der Waals surface area contributed by atoms with Gasteiger partial charge in [0.05, 0.1) is 23.4 Å². The molecule has 0 unspecified atom stereocenters. The number of halogens is 2. The lowest BCUT2D eigenvalue weighted by Gasteiger charge is -2.38. The fraction of sp³-hybridized carbons (Fsp3) is 0.375. The van der Waals surface area contributed by atoms with Crippen molar-refractivity contribution < 1.29 is 4.79 Å². The predicted molar refractivity (Wildman–Crippen MR) is 177 cm³/mol. The molecule has 228 valence electrons. The van der Waals surface area contributed by atoms with Gasteiger partial charge in [0.15, 0.2) is 0 Å². The minimum atomic E-state index is 0.332. The van der Waals surface area contributed by atoms with Gasteiger partial charge in [0.25, 0.3) is 0 Å². The molecule has 1 amide bonds. The summed E-state index contributed by atoms with van der Waals surface area (Å²) in [7, 11) is 0. The highest BCUT2D eigenvalue weighted by atomic mass is 35.5. The molecule has 0 atom stereocenters. The summed E-state index contributed by atoms with van der Waals surface area (Å²) in [5, 5.41) is 17.9. The van der Waals surface area contributed by atoms with E-state index in [1.54, 1.807) is 0 Å². The normalized spacial score (nSPS) is 17.9. The van der Waals surface area contributed by atoms with Crippen LogP contribution in [0.2, 0.25) is 10.0 Å². The van der Waals surface area contributed by atoms with Gasteiger partial charge in [-0.1, -0.05) is 23.2 Å². The summed E-state index contributed by atoms with van der Waals surface area (Å²) >= 11 is 12.5. The number of amides is 1. The number of nitrogens with zero attached hydrogens (tertiary/aromatic N) is 7. The quantitative estimate of drug-likeness (QED) is 0.261. The Bertz CT molecular complexity index is 1740. The summed E-state index contributed by atoms with van der Waals surface area (Å²) in [4.78, 5) is 25.2. The van der Waals surface area contributed by atoms with Crippen LogP contribution in [-0.4, -0.2) is 88.0 Å². The van der Waals surface area contributed by atoms with E-state index in [1.807, 2.05) is 49.1 Å². The van der Waals surface area contributed by atoms with Crippen LogP contribution in [0.1, 0.15) is 25.7 Å². The van der Waals surface area contributed by atoms with Crippen molar-refractivity contribution in [1.82, 2.24) is 30.3 Å². The van der Waals surface area contributed by atoms with Gasteiger partial charge in [-0.25, -0.2) is 0 Å². The van der Waals surface area contributed by atoms with Crippen LogP contribution in [0.4, 0.5) is 17.1 Å². The van der Waals surface area contributed by atoms with Gasteiger partial charge in [-0.15, -0.1) is 0 Å². The maximum atomic E-state index is 11.9. The van der Waals surface area contributed by atoms with Crippen molar-refractivity contribution in [3.8, 4) is 0 Å². The van der Waals surface area contributed by atoms with Crippen LogP contribution in [0, 0.1) is 0 Å². The molecule has 8 rings (SSSR count). The second-order valence-electron chi connectivity index (χ2n) is 11.6. The van der Waals surface area contributed by atoms with Crippen LogP contribution in [0.15, 0.2) is 61.2 Å². The highest BCUT2D eigenvalue weighted by Crippen LogP contribution is 2.33. The number of hydrogen-bond acceptors (Lipinski definition) is 7. The lowest BCUT2D eigenvalue weighted by molar-refractivity contribution is -0.130. The van der Waals surface area contributed by atoms with Gasteiger partial charge < -0.3 is 19.6 Å². The zero-order chi connectivity index (χ0) is 30.0. The van der Waals surface area contributed by atoms with Crippen molar-refractivity contribution in [3.63, 3.8) is 0 Å². The number of carbonyl (C=O) groups is 1. The van der Waals surface area contributed by atoms with Crippen molar-refractivity contribution in [1.29, 1.82) is 0 Å². The summed E-state index contributed by atoms with van der Waals surface area (Å²) in [6.07, 6.45) is 11.2. The third-order valence-corrected chi connectivity index (χ3v) is 9.44. The first-order chi connectivity index (χ1) is 21.5. The number of aromatic amines is 2. The van der Waals surface area contributed by atoms with Crippen LogP contribution in [0.25, 0.3) is 21.8 Å². The van der Waals surface area contributed by atoms with E-state index in [0.717, 1.165) is 115 Å². The van der Waals surface area contributed by atoms with E-state index < -0.39 is 0 Å². The first-order valence-corrected chi connectivity index (χ1v) is 16.0. The third-order valence-electron chi connectivity index (χ3n) is 9.01. The predicted octanol–water partition coefficient (Wildman–Crippen LogP) is 5.75. The van der Waals surface area contributed by atoms with Crippen molar-refractivity contribution in [2.24, 2.45) is 0 Å². The SMILES string of the molecule is Clc1cc(N2CCN(c3ccncc3)CC2)c2cn[nH]c2c1.O=C1CCCN1C1CCN(c2cc(Cl)cc3[nH]ncc23)CC1. The smallest absolute Gasteiger partial charge is 0.222 e. The number of piperazine rings is 1. The highest BCUT2D eigenvalue weighted by Gasteiger charge is 2.31. The summed E-state index contributed by atoms with van der Waals surface area (Å²) in [5.74, 6) is 0.332. The van der Waals surface area contributed by atoms with E-state index in [1.165, 1.54) is 5.69 Å². The second kappa shape index (κ2) is 12.5. The molecule has 12 heteroatoms. The summed E-state index contributed by atoms with van der Waals surface area (Å²) in [6.45, 7) is 6.73. The molecule has 3 saturated heterocycles. The highest BCUT2D eigenvalue weighted by molar-refractivity contribution is 6.32. The Hall–Kier alpha value is -4.02. The molecule has 3 fully saturated rings. The van der Waals surface area contributed by atoms with Crippen LogP contribution >= 0.6 is 23.2 Å². The molecule has 0 bridgehead atoms. The number of hydrogen-bond donors (Lipinski definition) is 2. The number of rotatable bonds is 4. The number of benzene rings is 2. The fourth-order valence-corrected chi connectivity index (χ4v) is 7.18. The van der Waals surface area contributed by atoms with E-state index in [-0.39, 0.29) is 0 Å². The molecule has 5 aromatic rings. The van der Waals surface area contributed by atoms with Gasteiger partial charge in [-0.05, 0) is 55.7 Å². The third kappa shape index (κ3) is 5.88. The Morgan fingerprint density at radius 3 is 1.80 bits per heavy atom. The number of nitrogens with one attached hydrogen (secondary N) is 2. The Labute approximate surface area is 265 Å². The molecule has 3 aliphatic rings. The zero-order valence-corrected chi connectivity index (χ0v) is 25.9. The molecule has 2 aromatic carbocycles. The number of piperidine rings is 1. The number of anilines is 3. The number of carbonyl (C=O) groups excluding carboxylic acids is 1. The largest absolute Gasteiger partial charge is 0.371 e. The van der Waals surface area contributed by atoms with Crippen molar-refractivity contribution >= 4 is 68.0 Å². The second-order valence-corrected chi connectivity index (χ2v) is 12.5. The van der Waals surface area contributed by atoms with Crippen molar-refractivity contribution in [2.45, 2.75) is 31.7 Å². The maximum Gasteiger partial charge on any atom is 0.222 e. The van der Waals surface area contributed by atoms with E-state index in [0.29, 0.717) is 11.9 Å². The summed E-state index contributed by atoms with van der Waals surface area (Å²) in [5.41, 5.74) is 5.49. The van der Waals surface area contributed by atoms with Gasteiger partial charge in [0.2, 0.25) is 5.91 Å². The van der Waals surface area contributed by atoms with Crippen LogP contribution in [-0.2, 0) is 4.79 Å². The molecule has 2 N–H and O–H groups in total. The molecule has 3 aromatic heterocycles. The first-order valence-electron chi connectivity index (χ1n) is 15.2. The Morgan fingerprint density at radius 2 is 1.25 bits per heavy atom. The first kappa shape index (κ1) is 28.7. The fourth-order valence-electron chi connectivity index (χ4n) is 6.75. The minimum absolute atomic E-state index is 0.332. The lowest BCUT2D eigenvalue weighted by Crippen LogP contribution is -2.46. The van der Waals surface area contributed by atoms with E-state index in [9.17, 15) is 4.79 Å². The van der Waals surface area contributed by atoms with Crippen molar-refractivity contribution in [2.75, 3.05) is 60.5 Å². The number of likely N-dealkylation sites (tertiary alicyclic amines) is 1. The van der Waals surface area contributed by atoms with Gasteiger partial charge in [0.1, 0.15) is 0 Å². The molecule has 10 nitrogen and oxygen atoms in total. The lowest BCUT2D eigenvalue weighted by atomic mass is 10.0. The molecule has 0 saturated carbocycles. The van der Waals surface area contributed by atoms with E-state index in [2.05, 4.69) is 57.1 Å².